The monoisotopic (exact) mass is 521 g/mol. The SMILES string of the molecule is Cc1c(-c2ccc(C=O)c3[nH]c4cc(C(C)(C)O)ccc4c23)cccc1-n1c(=O)c(F)c2ccccn2c1=O. The van der Waals surface area contributed by atoms with E-state index in [0.717, 1.165) is 37.1 Å². The molecule has 7 nitrogen and oxygen atoms in total. The summed E-state index contributed by atoms with van der Waals surface area (Å²) in [5, 5.41) is 12.1. The number of aromatic amines is 1. The Labute approximate surface area is 221 Å². The van der Waals surface area contributed by atoms with Crippen molar-refractivity contribution >= 4 is 33.6 Å². The lowest BCUT2D eigenvalue weighted by Gasteiger charge is -2.17. The molecule has 0 fully saturated rings. The smallest absolute Gasteiger partial charge is 0.340 e. The third-order valence-corrected chi connectivity index (χ3v) is 7.33. The van der Waals surface area contributed by atoms with Crippen LogP contribution in [0, 0.1) is 12.7 Å². The van der Waals surface area contributed by atoms with Crippen LogP contribution in [0.25, 0.3) is 44.1 Å². The Bertz CT molecular complexity index is 2090. The molecule has 6 aromatic rings. The second kappa shape index (κ2) is 8.61. The van der Waals surface area contributed by atoms with Gasteiger partial charge >= 0.3 is 5.69 Å². The molecule has 3 aromatic heterocycles. The number of hydrogen-bond acceptors (Lipinski definition) is 4. The number of benzene rings is 3. The van der Waals surface area contributed by atoms with E-state index in [0.29, 0.717) is 27.8 Å². The minimum Gasteiger partial charge on any atom is -0.386 e. The van der Waals surface area contributed by atoms with E-state index in [1.165, 1.54) is 12.3 Å². The van der Waals surface area contributed by atoms with Gasteiger partial charge in [0, 0.05) is 28.0 Å². The van der Waals surface area contributed by atoms with Crippen LogP contribution in [0.1, 0.15) is 35.3 Å². The molecule has 3 aromatic carbocycles. The van der Waals surface area contributed by atoms with E-state index >= 15 is 4.39 Å². The molecule has 0 unspecified atom stereocenters. The van der Waals surface area contributed by atoms with Crippen LogP contribution in [0.3, 0.4) is 0 Å². The third-order valence-electron chi connectivity index (χ3n) is 7.33. The first kappa shape index (κ1) is 24.5. The molecule has 2 N–H and O–H groups in total. The molecule has 0 aliphatic carbocycles. The van der Waals surface area contributed by atoms with E-state index in [-0.39, 0.29) is 11.2 Å². The quantitative estimate of drug-likeness (QED) is 0.310. The second-order valence-corrected chi connectivity index (χ2v) is 10.2. The Hall–Kier alpha value is -4.82. The highest BCUT2D eigenvalue weighted by molar-refractivity contribution is 6.18. The highest BCUT2D eigenvalue weighted by atomic mass is 19.1. The van der Waals surface area contributed by atoms with Crippen LogP contribution < -0.4 is 11.2 Å². The lowest BCUT2D eigenvalue weighted by Crippen LogP contribution is -2.38. The van der Waals surface area contributed by atoms with Crippen LogP contribution in [0.4, 0.5) is 4.39 Å². The number of aromatic nitrogens is 3. The van der Waals surface area contributed by atoms with Gasteiger partial charge in [-0.2, -0.15) is 4.39 Å². The van der Waals surface area contributed by atoms with Crippen LogP contribution in [0.2, 0.25) is 0 Å². The number of nitrogens with zero attached hydrogens (tertiary/aromatic N) is 2. The fourth-order valence-electron chi connectivity index (χ4n) is 5.30. The van der Waals surface area contributed by atoms with Crippen molar-refractivity contribution in [1.29, 1.82) is 0 Å². The summed E-state index contributed by atoms with van der Waals surface area (Å²) in [4.78, 5) is 41.6. The lowest BCUT2D eigenvalue weighted by atomic mass is 9.92. The predicted octanol–water partition coefficient (Wildman–Crippen LogP) is 5.24. The minimum absolute atomic E-state index is 0.0899. The Morgan fingerprint density at radius 1 is 0.974 bits per heavy atom. The predicted molar refractivity (Wildman–Crippen MR) is 149 cm³/mol. The van der Waals surface area contributed by atoms with Gasteiger partial charge < -0.3 is 10.1 Å². The van der Waals surface area contributed by atoms with E-state index in [1.54, 1.807) is 51.1 Å². The molecule has 194 valence electrons. The molecule has 39 heavy (non-hydrogen) atoms. The van der Waals surface area contributed by atoms with Crippen molar-refractivity contribution in [3.8, 4) is 16.8 Å². The Morgan fingerprint density at radius 2 is 1.77 bits per heavy atom. The maximum atomic E-state index is 15.1. The molecule has 6 rings (SSSR count). The number of aliphatic hydroxyl groups is 1. The number of aldehydes is 1. The highest BCUT2D eigenvalue weighted by Gasteiger charge is 2.22. The van der Waals surface area contributed by atoms with Crippen LogP contribution in [-0.2, 0) is 5.60 Å². The van der Waals surface area contributed by atoms with Gasteiger partial charge in [-0.25, -0.2) is 9.36 Å². The Kier molecular flexibility index (Phi) is 5.41. The van der Waals surface area contributed by atoms with E-state index in [1.807, 2.05) is 30.3 Å². The van der Waals surface area contributed by atoms with Crippen molar-refractivity contribution < 1.29 is 14.3 Å². The van der Waals surface area contributed by atoms with Gasteiger partial charge in [0.1, 0.15) is 0 Å². The third kappa shape index (κ3) is 3.64. The maximum Gasteiger partial charge on any atom is 0.340 e. The van der Waals surface area contributed by atoms with Gasteiger partial charge in [-0.05, 0) is 73.4 Å². The first-order valence-corrected chi connectivity index (χ1v) is 12.4. The standard InChI is InChI=1S/C31H24FN3O4/c1-17-20(7-6-9-24(17)35-29(37)27(32)25-8-4-5-14-34(25)30(35)38)21-12-10-18(16-36)28-26(21)22-13-11-19(31(2,3)39)15-23(22)33-28/h4-16,33,39H,1-3H3. The van der Waals surface area contributed by atoms with Crippen LogP contribution in [-0.4, -0.2) is 25.3 Å². The Balaban J connectivity index is 1.66. The molecule has 0 atom stereocenters. The number of H-pyrrole nitrogens is 1. The molecule has 0 bridgehead atoms. The lowest BCUT2D eigenvalue weighted by molar-refractivity contribution is 0.0787. The zero-order valence-corrected chi connectivity index (χ0v) is 21.4. The number of fused-ring (bicyclic) bond motifs is 4. The fourth-order valence-corrected chi connectivity index (χ4v) is 5.30. The van der Waals surface area contributed by atoms with Crippen LogP contribution >= 0.6 is 0 Å². The number of pyridine rings is 1. The number of carbonyl (C=O) groups excluding carboxylic acids is 1. The zero-order chi connectivity index (χ0) is 27.6. The first-order valence-electron chi connectivity index (χ1n) is 12.4. The van der Waals surface area contributed by atoms with Crippen LogP contribution in [0.15, 0.2) is 82.5 Å². The van der Waals surface area contributed by atoms with Gasteiger partial charge in [0.15, 0.2) is 6.29 Å². The summed E-state index contributed by atoms with van der Waals surface area (Å²) in [7, 11) is 0. The largest absolute Gasteiger partial charge is 0.386 e. The van der Waals surface area contributed by atoms with Gasteiger partial charge in [-0.3, -0.25) is 14.0 Å². The van der Waals surface area contributed by atoms with Crippen molar-refractivity contribution in [3.63, 3.8) is 0 Å². The molecule has 3 heterocycles. The van der Waals surface area contributed by atoms with Crippen molar-refractivity contribution in [2.75, 3.05) is 0 Å². The van der Waals surface area contributed by atoms with Gasteiger partial charge in [0.2, 0.25) is 5.82 Å². The van der Waals surface area contributed by atoms with Gasteiger partial charge in [0.05, 0.1) is 22.3 Å². The van der Waals surface area contributed by atoms with Crippen molar-refractivity contribution in [2.24, 2.45) is 0 Å². The number of rotatable bonds is 4. The van der Waals surface area contributed by atoms with Gasteiger partial charge in [-0.15, -0.1) is 0 Å². The summed E-state index contributed by atoms with van der Waals surface area (Å²) in [6.45, 7) is 5.18. The summed E-state index contributed by atoms with van der Waals surface area (Å²) >= 11 is 0. The molecule has 0 aliphatic rings. The molecule has 0 aliphatic heterocycles. The average molecular weight is 522 g/mol. The topological polar surface area (TPSA) is 96.6 Å². The van der Waals surface area contributed by atoms with Crippen LogP contribution in [0.5, 0.6) is 0 Å². The molecule has 0 amide bonds. The van der Waals surface area contributed by atoms with Gasteiger partial charge in [0.25, 0.3) is 5.56 Å². The molecular formula is C31H24FN3O4. The Morgan fingerprint density at radius 3 is 2.51 bits per heavy atom. The van der Waals surface area contributed by atoms with E-state index in [4.69, 9.17) is 0 Å². The summed E-state index contributed by atoms with van der Waals surface area (Å²) < 4.78 is 17.0. The summed E-state index contributed by atoms with van der Waals surface area (Å²) in [6.07, 6.45) is 2.20. The first-order chi connectivity index (χ1) is 18.6. The summed E-state index contributed by atoms with van der Waals surface area (Å²) in [6, 6.07) is 18.9. The zero-order valence-electron chi connectivity index (χ0n) is 21.4. The normalized spacial score (nSPS) is 12.0. The molecule has 0 spiro atoms. The molecular weight excluding hydrogens is 497 g/mol. The average Bonchev–Trinajstić information content (AvgIpc) is 3.31. The number of nitrogens with one attached hydrogen (secondary N) is 1. The summed E-state index contributed by atoms with van der Waals surface area (Å²) in [5.41, 5.74) is 2.05. The van der Waals surface area contributed by atoms with E-state index < -0.39 is 22.7 Å². The summed E-state index contributed by atoms with van der Waals surface area (Å²) in [5.74, 6) is -1.02. The highest BCUT2D eigenvalue weighted by Crippen LogP contribution is 2.39. The molecule has 0 radical (unpaired) electrons. The fraction of sp³-hybridized carbons (Fsp3) is 0.129. The molecule has 0 saturated heterocycles. The number of halogens is 1. The number of hydrogen-bond donors (Lipinski definition) is 2. The minimum atomic E-state index is -1.05. The second-order valence-electron chi connectivity index (χ2n) is 10.2. The van der Waals surface area contributed by atoms with E-state index in [9.17, 15) is 19.5 Å². The molecule has 8 heteroatoms. The van der Waals surface area contributed by atoms with Gasteiger partial charge in [-0.1, -0.05) is 36.4 Å². The van der Waals surface area contributed by atoms with Crippen molar-refractivity contribution in [3.05, 3.63) is 116 Å². The maximum absolute atomic E-state index is 15.1. The number of carbonyl (C=O) groups is 1. The van der Waals surface area contributed by atoms with Crippen molar-refractivity contribution in [1.82, 2.24) is 14.0 Å². The van der Waals surface area contributed by atoms with E-state index in [2.05, 4.69) is 4.98 Å². The molecule has 0 saturated carbocycles. The van der Waals surface area contributed by atoms with Crippen molar-refractivity contribution in [2.45, 2.75) is 26.4 Å².